The molecule has 0 amide bonds. The molecular formula is C13H18O2. The zero-order chi connectivity index (χ0) is 10.5. The first-order valence-electron chi connectivity index (χ1n) is 5.89. The van der Waals surface area contributed by atoms with Crippen LogP contribution in [0.2, 0.25) is 0 Å². The van der Waals surface area contributed by atoms with Crippen molar-refractivity contribution in [3.63, 3.8) is 0 Å². The lowest BCUT2D eigenvalue weighted by molar-refractivity contribution is -0.151. The van der Waals surface area contributed by atoms with Crippen molar-refractivity contribution in [1.29, 1.82) is 0 Å². The van der Waals surface area contributed by atoms with Crippen LogP contribution in [-0.4, -0.2) is 20.0 Å². The highest BCUT2D eigenvalue weighted by Crippen LogP contribution is 2.55. The fourth-order valence-corrected chi connectivity index (χ4v) is 3.64. The van der Waals surface area contributed by atoms with Crippen molar-refractivity contribution in [3.05, 3.63) is 22.3 Å². The maximum atomic E-state index is 5.74. The molecule has 0 aliphatic heterocycles. The molecule has 0 radical (unpaired) electrons. The molecule has 3 aliphatic rings. The van der Waals surface area contributed by atoms with Gasteiger partial charge in [-0.1, -0.05) is 0 Å². The molecule has 3 rings (SSSR count). The van der Waals surface area contributed by atoms with E-state index in [0.717, 1.165) is 12.8 Å². The molecule has 0 heterocycles. The summed E-state index contributed by atoms with van der Waals surface area (Å²) in [6, 6.07) is 0. The lowest BCUT2D eigenvalue weighted by Gasteiger charge is -2.31. The molecule has 0 unspecified atom stereocenters. The van der Waals surface area contributed by atoms with Gasteiger partial charge in [-0.25, -0.2) is 0 Å². The maximum Gasteiger partial charge on any atom is 0.214 e. The lowest BCUT2D eigenvalue weighted by atomic mass is 9.99. The topological polar surface area (TPSA) is 18.5 Å². The van der Waals surface area contributed by atoms with Crippen molar-refractivity contribution >= 4 is 0 Å². The number of methoxy groups -OCH3 is 2. The van der Waals surface area contributed by atoms with Crippen LogP contribution >= 0.6 is 0 Å². The molecule has 0 N–H and O–H groups in total. The minimum absolute atomic E-state index is 0.461. The Kier molecular flexibility index (Phi) is 2.05. The predicted molar refractivity (Wildman–Crippen MR) is 58.5 cm³/mol. The molecule has 0 aromatic carbocycles. The summed E-state index contributed by atoms with van der Waals surface area (Å²) in [6.07, 6.45) is 7.34. The van der Waals surface area contributed by atoms with Crippen molar-refractivity contribution < 1.29 is 9.47 Å². The van der Waals surface area contributed by atoms with E-state index in [9.17, 15) is 0 Å². The van der Waals surface area contributed by atoms with Gasteiger partial charge in [0.1, 0.15) is 0 Å². The highest BCUT2D eigenvalue weighted by molar-refractivity contribution is 5.57. The maximum absolute atomic E-state index is 5.74. The van der Waals surface area contributed by atoms with Crippen molar-refractivity contribution in [2.24, 2.45) is 0 Å². The fraction of sp³-hybridized carbons (Fsp3) is 0.692. The second-order valence-corrected chi connectivity index (χ2v) is 4.65. The zero-order valence-electron chi connectivity index (χ0n) is 9.56. The summed E-state index contributed by atoms with van der Waals surface area (Å²) in [6.45, 7) is 0. The summed E-state index contributed by atoms with van der Waals surface area (Å²) in [7, 11) is 3.56. The molecule has 0 saturated heterocycles. The summed E-state index contributed by atoms with van der Waals surface area (Å²) in [5.41, 5.74) is 6.01. The summed E-state index contributed by atoms with van der Waals surface area (Å²) in [5.74, 6) is -0.461. The van der Waals surface area contributed by atoms with Gasteiger partial charge in [-0.05, 0) is 60.8 Å². The molecule has 82 valence electrons. The average Bonchev–Trinajstić information content (AvgIpc) is 2.90. The van der Waals surface area contributed by atoms with E-state index < -0.39 is 5.79 Å². The van der Waals surface area contributed by atoms with Gasteiger partial charge in [0, 0.05) is 14.2 Å². The highest BCUT2D eigenvalue weighted by atomic mass is 16.7. The van der Waals surface area contributed by atoms with Gasteiger partial charge < -0.3 is 9.47 Å². The van der Waals surface area contributed by atoms with E-state index in [0.29, 0.717) is 0 Å². The van der Waals surface area contributed by atoms with Crippen molar-refractivity contribution in [2.45, 2.75) is 44.3 Å². The van der Waals surface area contributed by atoms with Crippen molar-refractivity contribution in [1.82, 2.24) is 0 Å². The van der Waals surface area contributed by atoms with Gasteiger partial charge >= 0.3 is 0 Å². The van der Waals surface area contributed by atoms with E-state index in [1.54, 1.807) is 25.4 Å². The Morgan fingerprint density at radius 3 is 1.67 bits per heavy atom. The minimum atomic E-state index is -0.461. The van der Waals surface area contributed by atoms with E-state index in [-0.39, 0.29) is 0 Å². The highest BCUT2D eigenvalue weighted by Gasteiger charge is 2.49. The Morgan fingerprint density at radius 2 is 1.27 bits per heavy atom. The Morgan fingerprint density at radius 1 is 0.800 bits per heavy atom. The molecule has 0 bridgehead atoms. The van der Waals surface area contributed by atoms with Crippen LogP contribution in [0.3, 0.4) is 0 Å². The first-order valence-corrected chi connectivity index (χ1v) is 5.89. The van der Waals surface area contributed by atoms with E-state index in [2.05, 4.69) is 0 Å². The van der Waals surface area contributed by atoms with Crippen molar-refractivity contribution in [2.75, 3.05) is 14.2 Å². The predicted octanol–water partition coefficient (Wildman–Crippen LogP) is 2.95. The molecule has 3 aliphatic carbocycles. The second kappa shape index (κ2) is 3.19. The van der Waals surface area contributed by atoms with Crippen LogP contribution in [-0.2, 0) is 9.47 Å². The summed E-state index contributed by atoms with van der Waals surface area (Å²) < 4.78 is 11.5. The van der Waals surface area contributed by atoms with Gasteiger partial charge in [0.2, 0.25) is 5.79 Å². The normalized spacial score (nSPS) is 27.6. The summed E-state index contributed by atoms with van der Waals surface area (Å²) in [4.78, 5) is 0. The Bertz CT molecular complexity index is 327. The Balaban J connectivity index is 2.14. The van der Waals surface area contributed by atoms with E-state index in [1.807, 2.05) is 0 Å². The Hall–Kier alpha value is -0.600. The standard InChI is InChI=1S/C13H18O2/c1-14-13(15-2)11-7-3-5-9(11)10-6-4-8-12(10)13/h3-8H2,1-2H3. The molecule has 0 aromatic rings. The van der Waals surface area contributed by atoms with Gasteiger partial charge in [0.05, 0.1) is 0 Å². The van der Waals surface area contributed by atoms with Gasteiger partial charge in [-0.3, -0.25) is 0 Å². The van der Waals surface area contributed by atoms with Crippen LogP contribution in [0.4, 0.5) is 0 Å². The molecule has 2 nitrogen and oxygen atoms in total. The molecule has 0 aromatic heterocycles. The molecule has 0 saturated carbocycles. The number of rotatable bonds is 2. The number of ether oxygens (including phenoxy) is 2. The van der Waals surface area contributed by atoms with Crippen LogP contribution in [0.15, 0.2) is 22.3 Å². The number of fused-ring (bicyclic) bond motifs is 1. The van der Waals surface area contributed by atoms with E-state index >= 15 is 0 Å². The van der Waals surface area contributed by atoms with Crippen LogP contribution in [0, 0.1) is 0 Å². The summed E-state index contributed by atoms with van der Waals surface area (Å²) in [5, 5.41) is 0. The first kappa shape index (κ1) is 9.61. The van der Waals surface area contributed by atoms with Gasteiger partial charge in [-0.15, -0.1) is 0 Å². The van der Waals surface area contributed by atoms with Gasteiger partial charge in [-0.2, -0.15) is 0 Å². The fourth-order valence-electron chi connectivity index (χ4n) is 3.64. The number of allylic oxidation sites excluding steroid dienone is 2. The molecule has 0 atom stereocenters. The van der Waals surface area contributed by atoms with Gasteiger partial charge in [0.25, 0.3) is 0 Å². The first-order chi connectivity index (χ1) is 7.33. The zero-order valence-corrected chi connectivity index (χ0v) is 9.56. The molecule has 2 heteroatoms. The minimum Gasteiger partial charge on any atom is -0.346 e. The summed E-state index contributed by atoms with van der Waals surface area (Å²) >= 11 is 0. The smallest absolute Gasteiger partial charge is 0.214 e. The van der Waals surface area contributed by atoms with E-state index in [4.69, 9.17) is 9.47 Å². The molecule has 0 spiro atoms. The molecule has 0 fully saturated rings. The van der Waals surface area contributed by atoms with Crippen LogP contribution in [0.25, 0.3) is 0 Å². The third-order valence-electron chi connectivity index (χ3n) is 4.17. The Labute approximate surface area is 90.9 Å². The lowest BCUT2D eigenvalue weighted by Crippen LogP contribution is -2.36. The number of hydrogen-bond donors (Lipinski definition) is 0. The largest absolute Gasteiger partial charge is 0.346 e. The van der Waals surface area contributed by atoms with E-state index in [1.165, 1.54) is 36.8 Å². The number of hydrogen-bond acceptors (Lipinski definition) is 2. The quantitative estimate of drug-likeness (QED) is 0.647. The SMILES string of the molecule is COC1(OC)C2=C(CCC2)C2=C1CCC2. The van der Waals surface area contributed by atoms with Crippen LogP contribution < -0.4 is 0 Å². The second-order valence-electron chi connectivity index (χ2n) is 4.65. The third-order valence-corrected chi connectivity index (χ3v) is 4.17. The third kappa shape index (κ3) is 1.02. The average molecular weight is 206 g/mol. The van der Waals surface area contributed by atoms with Crippen LogP contribution in [0.1, 0.15) is 38.5 Å². The molecule has 15 heavy (non-hydrogen) atoms. The van der Waals surface area contributed by atoms with Gasteiger partial charge in [0.15, 0.2) is 0 Å². The van der Waals surface area contributed by atoms with Crippen LogP contribution in [0.5, 0.6) is 0 Å². The monoisotopic (exact) mass is 206 g/mol. The van der Waals surface area contributed by atoms with Crippen molar-refractivity contribution in [3.8, 4) is 0 Å². The molecular weight excluding hydrogens is 188 g/mol.